The molecule has 0 saturated carbocycles. The third-order valence-corrected chi connectivity index (χ3v) is 3.17. The van der Waals surface area contributed by atoms with Crippen molar-refractivity contribution in [2.75, 3.05) is 0 Å². The SMILES string of the molecule is OC1CCCc2cnc(-c3ccc(F)cc3)n21. The van der Waals surface area contributed by atoms with Gasteiger partial charge in [0.2, 0.25) is 0 Å². The minimum Gasteiger partial charge on any atom is -0.373 e. The van der Waals surface area contributed by atoms with Crippen molar-refractivity contribution >= 4 is 0 Å². The van der Waals surface area contributed by atoms with Crippen molar-refractivity contribution in [3.8, 4) is 11.4 Å². The Morgan fingerprint density at radius 2 is 2.06 bits per heavy atom. The number of aromatic nitrogens is 2. The van der Waals surface area contributed by atoms with E-state index in [0.29, 0.717) is 5.82 Å². The molecule has 0 bridgehead atoms. The number of benzene rings is 1. The second-order valence-corrected chi connectivity index (χ2v) is 4.32. The summed E-state index contributed by atoms with van der Waals surface area (Å²) < 4.78 is 14.7. The fourth-order valence-corrected chi connectivity index (χ4v) is 2.32. The smallest absolute Gasteiger partial charge is 0.142 e. The molecule has 0 saturated heterocycles. The first-order chi connectivity index (χ1) is 8.25. The molecule has 1 aromatic carbocycles. The van der Waals surface area contributed by atoms with Crippen molar-refractivity contribution in [3.05, 3.63) is 42.0 Å². The van der Waals surface area contributed by atoms with Crippen molar-refractivity contribution in [2.45, 2.75) is 25.5 Å². The second-order valence-electron chi connectivity index (χ2n) is 4.32. The predicted octanol–water partition coefficient (Wildman–Crippen LogP) is 2.52. The first-order valence-electron chi connectivity index (χ1n) is 5.76. The van der Waals surface area contributed by atoms with Crippen LogP contribution in [0.2, 0.25) is 0 Å². The van der Waals surface area contributed by atoms with Gasteiger partial charge in [-0.1, -0.05) is 0 Å². The standard InChI is InChI=1S/C13H13FN2O/c14-10-6-4-9(5-7-10)13-15-8-11-2-1-3-12(17)16(11)13/h4-8,12,17H,1-3H2. The van der Waals surface area contributed by atoms with Gasteiger partial charge in [-0.05, 0) is 43.5 Å². The van der Waals surface area contributed by atoms with Crippen LogP contribution >= 0.6 is 0 Å². The van der Waals surface area contributed by atoms with Crippen LogP contribution in [0.1, 0.15) is 24.8 Å². The number of nitrogens with zero attached hydrogens (tertiary/aromatic N) is 2. The van der Waals surface area contributed by atoms with Gasteiger partial charge in [0.25, 0.3) is 0 Å². The van der Waals surface area contributed by atoms with E-state index in [4.69, 9.17) is 0 Å². The molecule has 0 amide bonds. The highest BCUT2D eigenvalue weighted by molar-refractivity contribution is 5.56. The molecule has 4 heteroatoms. The minimum atomic E-state index is -0.513. The zero-order valence-electron chi connectivity index (χ0n) is 9.31. The zero-order chi connectivity index (χ0) is 11.8. The number of imidazole rings is 1. The fourth-order valence-electron chi connectivity index (χ4n) is 2.32. The summed E-state index contributed by atoms with van der Waals surface area (Å²) in [5.74, 6) is 0.451. The number of aliphatic hydroxyl groups excluding tert-OH is 1. The third kappa shape index (κ3) is 1.74. The summed E-state index contributed by atoms with van der Waals surface area (Å²) in [4.78, 5) is 4.33. The Bertz CT molecular complexity index is 533. The van der Waals surface area contributed by atoms with Crippen LogP contribution < -0.4 is 0 Å². The Labute approximate surface area is 98.5 Å². The van der Waals surface area contributed by atoms with Crippen LogP contribution in [-0.4, -0.2) is 14.7 Å². The molecule has 0 spiro atoms. The van der Waals surface area contributed by atoms with Crippen LogP contribution in [-0.2, 0) is 6.42 Å². The number of halogens is 1. The Morgan fingerprint density at radius 3 is 2.82 bits per heavy atom. The fraction of sp³-hybridized carbons (Fsp3) is 0.308. The number of fused-ring (bicyclic) bond motifs is 1. The summed E-state index contributed by atoms with van der Waals surface area (Å²) in [6.45, 7) is 0. The molecule has 1 unspecified atom stereocenters. The minimum absolute atomic E-state index is 0.264. The molecule has 1 N–H and O–H groups in total. The van der Waals surface area contributed by atoms with Gasteiger partial charge in [0.05, 0.1) is 0 Å². The summed E-state index contributed by atoms with van der Waals surface area (Å²) >= 11 is 0. The number of aliphatic hydroxyl groups is 1. The normalized spacial score (nSPS) is 19.1. The van der Waals surface area contributed by atoms with E-state index in [1.807, 2.05) is 4.57 Å². The first kappa shape index (κ1) is 10.5. The average Bonchev–Trinajstić information content (AvgIpc) is 2.75. The molecule has 0 radical (unpaired) electrons. The Kier molecular flexibility index (Phi) is 2.44. The van der Waals surface area contributed by atoms with Crippen molar-refractivity contribution < 1.29 is 9.50 Å². The highest BCUT2D eigenvalue weighted by atomic mass is 19.1. The number of hydrogen-bond donors (Lipinski definition) is 1. The molecule has 1 aromatic heterocycles. The molecule has 1 aliphatic rings. The maximum atomic E-state index is 12.9. The van der Waals surface area contributed by atoms with Crippen LogP contribution in [0.15, 0.2) is 30.5 Å². The lowest BCUT2D eigenvalue weighted by molar-refractivity contribution is 0.0807. The lowest BCUT2D eigenvalue weighted by atomic mass is 10.1. The summed E-state index contributed by atoms with van der Waals surface area (Å²) in [6.07, 6.45) is 3.95. The topological polar surface area (TPSA) is 38.1 Å². The van der Waals surface area contributed by atoms with Gasteiger partial charge >= 0.3 is 0 Å². The molecule has 3 nitrogen and oxygen atoms in total. The number of rotatable bonds is 1. The number of hydrogen-bond acceptors (Lipinski definition) is 2. The molecule has 1 aliphatic heterocycles. The molecular weight excluding hydrogens is 219 g/mol. The Hall–Kier alpha value is -1.68. The van der Waals surface area contributed by atoms with Crippen LogP contribution in [0, 0.1) is 5.82 Å². The Morgan fingerprint density at radius 1 is 1.29 bits per heavy atom. The van der Waals surface area contributed by atoms with Crippen LogP contribution in [0.5, 0.6) is 0 Å². The zero-order valence-corrected chi connectivity index (χ0v) is 9.31. The molecule has 88 valence electrons. The quantitative estimate of drug-likeness (QED) is 0.820. The van der Waals surface area contributed by atoms with Gasteiger partial charge in [-0.15, -0.1) is 0 Å². The van der Waals surface area contributed by atoms with Crippen molar-refractivity contribution in [3.63, 3.8) is 0 Å². The van der Waals surface area contributed by atoms with E-state index in [0.717, 1.165) is 30.5 Å². The summed E-state index contributed by atoms with van der Waals surface area (Å²) in [5.41, 5.74) is 1.88. The predicted molar refractivity (Wildman–Crippen MR) is 61.8 cm³/mol. The van der Waals surface area contributed by atoms with Gasteiger partial charge in [-0.2, -0.15) is 0 Å². The lowest BCUT2D eigenvalue weighted by Crippen LogP contribution is -2.17. The molecule has 2 heterocycles. The van der Waals surface area contributed by atoms with Gasteiger partial charge in [0.1, 0.15) is 17.9 Å². The summed E-state index contributed by atoms with van der Waals surface area (Å²) in [7, 11) is 0. The molecular formula is C13H13FN2O. The average molecular weight is 232 g/mol. The largest absolute Gasteiger partial charge is 0.373 e. The molecule has 3 rings (SSSR count). The van der Waals surface area contributed by atoms with E-state index in [-0.39, 0.29) is 5.82 Å². The van der Waals surface area contributed by atoms with E-state index in [2.05, 4.69) is 4.98 Å². The van der Waals surface area contributed by atoms with Crippen LogP contribution in [0.4, 0.5) is 4.39 Å². The van der Waals surface area contributed by atoms with Crippen molar-refractivity contribution in [2.24, 2.45) is 0 Å². The molecule has 1 atom stereocenters. The van der Waals surface area contributed by atoms with Gasteiger partial charge < -0.3 is 9.67 Å². The van der Waals surface area contributed by atoms with Gasteiger partial charge in [0, 0.05) is 17.5 Å². The second kappa shape index (κ2) is 3.96. The maximum Gasteiger partial charge on any atom is 0.142 e. The van der Waals surface area contributed by atoms with Gasteiger partial charge in [0.15, 0.2) is 0 Å². The van der Waals surface area contributed by atoms with E-state index >= 15 is 0 Å². The summed E-state index contributed by atoms with van der Waals surface area (Å²) in [6, 6.07) is 6.19. The van der Waals surface area contributed by atoms with Crippen LogP contribution in [0.25, 0.3) is 11.4 Å². The summed E-state index contributed by atoms with van der Waals surface area (Å²) in [5, 5.41) is 10.00. The van der Waals surface area contributed by atoms with E-state index in [1.165, 1.54) is 12.1 Å². The Balaban J connectivity index is 2.09. The van der Waals surface area contributed by atoms with Crippen LogP contribution in [0.3, 0.4) is 0 Å². The van der Waals surface area contributed by atoms with E-state index < -0.39 is 6.23 Å². The molecule has 2 aromatic rings. The van der Waals surface area contributed by atoms with E-state index in [9.17, 15) is 9.50 Å². The highest BCUT2D eigenvalue weighted by Crippen LogP contribution is 2.29. The van der Waals surface area contributed by atoms with Gasteiger partial charge in [-0.25, -0.2) is 9.37 Å². The highest BCUT2D eigenvalue weighted by Gasteiger charge is 2.21. The number of aryl methyl sites for hydroxylation is 1. The van der Waals surface area contributed by atoms with E-state index in [1.54, 1.807) is 18.3 Å². The molecule has 0 fully saturated rings. The monoisotopic (exact) mass is 232 g/mol. The van der Waals surface area contributed by atoms with Gasteiger partial charge in [-0.3, -0.25) is 0 Å². The third-order valence-electron chi connectivity index (χ3n) is 3.17. The first-order valence-corrected chi connectivity index (χ1v) is 5.76. The maximum absolute atomic E-state index is 12.9. The lowest BCUT2D eigenvalue weighted by Gasteiger charge is -2.22. The molecule has 0 aliphatic carbocycles. The van der Waals surface area contributed by atoms with Crippen molar-refractivity contribution in [1.82, 2.24) is 9.55 Å². The van der Waals surface area contributed by atoms with Crippen molar-refractivity contribution in [1.29, 1.82) is 0 Å². The molecule has 17 heavy (non-hydrogen) atoms.